The zero-order valence-corrected chi connectivity index (χ0v) is 14.1. The highest BCUT2D eigenvalue weighted by atomic mass is 32.2. The van der Waals surface area contributed by atoms with Crippen LogP contribution in [0.2, 0.25) is 0 Å². The molecule has 3 N–H and O–H groups in total. The van der Waals surface area contributed by atoms with Crippen molar-refractivity contribution in [3.63, 3.8) is 0 Å². The first-order chi connectivity index (χ1) is 10.6. The molecule has 23 heavy (non-hydrogen) atoms. The number of benzene rings is 1. The van der Waals surface area contributed by atoms with Crippen molar-refractivity contribution in [2.24, 2.45) is 5.92 Å². The molecule has 0 aliphatic carbocycles. The van der Waals surface area contributed by atoms with E-state index in [4.69, 9.17) is 9.84 Å². The zero-order chi connectivity index (χ0) is 17.8. The highest BCUT2D eigenvalue weighted by Gasteiger charge is 2.25. The molecule has 1 atom stereocenters. The van der Waals surface area contributed by atoms with Gasteiger partial charge >= 0.3 is 5.97 Å². The number of methoxy groups -OCH3 is 1. The zero-order valence-electron chi connectivity index (χ0n) is 13.3. The summed E-state index contributed by atoms with van der Waals surface area (Å²) in [6, 6.07) is 2.76. The second kappa shape index (κ2) is 7.42. The van der Waals surface area contributed by atoms with Gasteiger partial charge in [-0.15, -0.1) is 0 Å². The normalized spacial score (nSPS) is 12.7. The molecule has 0 saturated heterocycles. The van der Waals surface area contributed by atoms with Crippen LogP contribution in [0.3, 0.4) is 0 Å². The first kappa shape index (κ1) is 18.9. The van der Waals surface area contributed by atoms with Gasteiger partial charge in [0.1, 0.15) is 16.7 Å². The number of carboxylic acid groups (broad SMARTS) is 1. The van der Waals surface area contributed by atoms with E-state index in [0.29, 0.717) is 0 Å². The van der Waals surface area contributed by atoms with Crippen LogP contribution in [0.15, 0.2) is 23.1 Å². The Morgan fingerprint density at radius 3 is 2.30 bits per heavy atom. The Labute approximate surface area is 134 Å². The highest BCUT2D eigenvalue weighted by molar-refractivity contribution is 7.89. The fourth-order valence-electron chi connectivity index (χ4n) is 1.88. The minimum atomic E-state index is -3.83. The van der Waals surface area contributed by atoms with Crippen molar-refractivity contribution in [2.45, 2.75) is 24.8 Å². The van der Waals surface area contributed by atoms with Crippen molar-refractivity contribution in [2.75, 3.05) is 14.2 Å². The van der Waals surface area contributed by atoms with Crippen molar-refractivity contribution >= 4 is 21.9 Å². The smallest absolute Gasteiger partial charge is 0.326 e. The maximum absolute atomic E-state index is 12.2. The number of sulfonamides is 1. The molecule has 0 fully saturated rings. The second-order valence-corrected chi connectivity index (χ2v) is 6.96. The van der Waals surface area contributed by atoms with Crippen molar-refractivity contribution in [3.05, 3.63) is 23.8 Å². The lowest BCUT2D eigenvalue weighted by Crippen LogP contribution is -2.44. The van der Waals surface area contributed by atoms with E-state index in [9.17, 15) is 18.0 Å². The maximum atomic E-state index is 12.2. The van der Waals surface area contributed by atoms with Crippen LogP contribution in [0.5, 0.6) is 5.75 Å². The molecule has 0 aromatic heterocycles. The molecule has 0 spiro atoms. The molecule has 0 bridgehead atoms. The molecule has 128 valence electrons. The maximum Gasteiger partial charge on any atom is 0.326 e. The Balaban J connectivity index is 3.22. The van der Waals surface area contributed by atoms with Crippen LogP contribution in [-0.2, 0) is 14.8 Å². The van der Waals surface area contributed by atoms with Gasteiger partial charge in [0.15, 0.2) is 0 Å². The number of carbonyl (C=O) groups is 2. The summed E-state index contributed by atoms with van der Waals surface area (Å²) in [5, 5.41) is 11.5. The number of rotatable bonds is 7. The monoisotopic (exact) mass is 344 g/mol. The van der Waals surface area contributed by atoms with Crippen LogP contribution in [0, 0.1) is 5.92 Å². The third-order valence-corrected chi connectivity index (χ3v) is 4.64. The molecule has 0 aliphatic rings. The lowest BCUT2D eigenvalue weighted by Gasteiger charge is -2.18. The van der Waals surface area contributed by atoms with Gasteiger partial charge in [0, 0.05) is 5.56 Å². The van der Waals surface area contributed by atoms with Gasteiger partial charge < -0.3 is 15.2 Å². The van der Waals surface area contributed by atoms with Gasteiger partial charge in [-0.3, -0.25) is 4.79 Å². The summed E-state index contributed by atoms with van der Waals surface area (Å²) in [4.78, 5) is 23.1. The third kappa shape index (κ3) is 4.42. The van der Waals surface area contributed by atoms with Crippen LogP contribution in [-0.4, -0.2) is 45.6 Å². The van der Waals surface area contributed by atoms with Gasteiger partial charge in [-0.2, -0.15) is 0 Å². The van der Waals surface area contributed by atoms with E-state index in [1.54, 1.807) is 13.8 Å². The number of aliphatic carboxylic acids is 1. The second-order valence-electron chi connectivity index (χ2n) is 5.11. The molecule has 1 aromatic carbocycles. The topological polar surface area (TPSA) is 122 Å². The Bertz CT molecular complexity index is 699. The van der Waals surface area contributed by atoms with Gasteiger partial charge in [0.05, 0.1) is 7.11 Å². The molecule has 8 nitrogen and oxygen atoms in total. The predicted octanol–water partition coefficient (Wildman–Crippen LogP) is 0.442. The average molecular weight is 344 g/mol. The fraction of sp³-hybridized carbons (Fsp3) is 0.429. The molecule has 1 rings (SSSR count). The first-order valence-corrected chi connectivity index (χ1v) is 8.27. The number of hydrogen-bond donors (Lipinski definition) is 3. The molecule has 1 aromatic rings. The van der Waals surface area contributed by atoms with E-state index < -0.39 is 27.9 Å². The Morgan fingerprint density at radius 1 is 1.26 bits per heavy atom. The van der Waals surface area contributed by atoms with E-state index in [2.05, 4.69) is 10.0 Å². The standard InChI is InChI=1S/C14H20N2O6S/c1-8(2)12(14(18)19)16-13(17)9-5-6-10(22-4)11(7-9)23(20,21)15-3/h5-8,12,15H,1-4H3,(H,16,17)(H,18,19)/t12-/m0/s1. The van der Waals surface area contributed by atoms with E-state index >= 15 is 0 Å². The van der Waals surface area contributed by atoms with E-state index in [0.717, 1.165) is 6.07 Å². The summed E-state index contributed by atoms with van der Waals surface area (Å²) in [6.07, 6.45) is 0. The molecular weight excluding hydrogens is 324 g/mol. The number of carbonyl (C=O) groups excluding carboxylic acids is 1. The Hall–Kier alpha value is -2.13. The van der Waals surface area contributed by atoms with Crippen molar-refractivity contribution in [3.8, 4) is 5.75 Å². The van der Waals surface area contributed by atoms with Crippen LogP contribution in [0.4, 0.5) is 0 Å². The molecular formula is C14H20N2O6S. The van der Waals surface area contributed by atoms with Crippen LogP contribution >= 0.6 is 0 Å². The Morgan fingerprint density at radius 2 is 1.87 bits per heavy atom. The molecule has 0 heterocycles. The van der Waals surface area contributed by atoms with Crippen molar-refractivity contribution < 1.29 is 27.9 Å². The molecule has 0 saturated carbocycles. The van der Waals surface area contributed by atoms with E-state index in [1.165, 1.54) is 26.3 Å². The largest absolute Gasteiger partial charge is 0.495 e. The molecule has 0 unspecified atom stereocenters. The molecule has 0 radical (unpaired) electrons. The van der Waals surface area contributed by atoms with Crippen LogP contribution < -0.4 is 14.8 Å². The number of ether oxygens (including phenoxy) is 1. The number of amides is 1. The minimum absolute atomic E-state index is 0.0199. The lowest BCUT2D eigenvalue weighted by molar-refractivity contribution is -0.140. The van der Waals surface area contributed by atoms with Gasteiger partial charge in [-0.1, -0.05) is 13.8 Å². The fourth-order valence-corrected chi connectivity index (χ4v) is 2.79. The van der Waals surface area contributed by atoms with Crippen molar-refractivity contribution in [1.82, 2.24) is 10.0 Å². The lowest BCUT2D eigenvalue weighted by atomic mass is 10.0. The molecule has 0 aliphatic heterocycles. The van der Waals surface area contributed by atoms with E-state index in [-0.39, 0.29) is 22.1 Å². The van der Waals surface area contributed by atoms with Gasteiger partial charge in [0.2, 0.25) is 10.0 Å². The van der Waals surface area contributed by atoms with Crippen LogP contribution in [0.25, 0.3) is 0 Å². The molecule has 1 amide bonds. The first-order valence-electron chi connectivity index (χ1n) is 6.79. The molecule has 9 heteroatoms. The van der Waals surface area contributed by atoms with E-state index in [1.807, 2.05) is 0 Å². The highest BCUT2D eigenvalue weighted by Crippen LogP contribution is 2.24. The predicted molar refractivity (Wildman–Crippen MR) is 83.0 cm³/mol. The summed E-state index contributed by atoms with van der Waals surface area (Å²) in [6.45, 7) is 3.31. The summed E-state index contributed by atoms with van der Waals surface area (Å²) >= 11 is 0. The van der Waals surface area contributed by atoms with Gasteiger partial charge in [0.25, 0.3) is 5.91 Å². The summed E-state index contributed by atoms with van der Waals surface area (Å²) < 4.78 is 31.1. The summed E-state index contributed by atoms with van der Waals surface area (Å²) in [5.41, 5.74) is 0.0199. The summed E-state index contributed by atoms with van der Waals surface area (Å²) in [5.74, 6) is -2.09. The van der Waals surface area contributed by atoms with Crippen LogP contribution in [0.1, 0.15) is 24.2 Å². The number of carboxylic acids is 1. The SMILES string of the molecule is CNS(=O)(=O)c1cc(C(=O)N[C@H](C(=O)O)C(C)C)ccc1OC. The van der Waals surface area contributed by atoms with Gasteiger partial charge in [-0.25, -0.2) is 17.9 Å². The average Bonchev–Trinajstić information content (AvgIpc) is 2.50. The third-order valence-electron chi connectivity index (χ3n) is 3.20. The summed E-state index contributed by atoms with van der Waals surface area (Å²) in [7, 11) is -1.28. The van der Waals surface area contributed by atoms with Crippen molar-refractivity contribution in [1.29, 1.82) is 0 Å². The minimum Gasteiger partial charge on any atom is -0.495 e. The Kier molecular flexibility index (Phi) is 6.11. The number of nitrogens with one attached hydrogen (secondary N) is 2. The quantitative estimate of drug-likeness (QED) is 0.660. The number of hydrogen-bond acceptors (Lipinski definition) is 5. The van der Waals surface area contributed by atoms with Gasteiger partial charge in [-0.05, 0) is 31.2 Å².